The minimum atomic E-state index is -3.87. The lowest BCUT2D eigenvalue weighted by Crippen LogP contribution is -2.18. The van der Waals surface area contributed by atoms with Gasteiger partial charge in [-0.05, 0) is 23.1 Å². The second-order valence-electron chi connectivity index (χ2n) is 6.61. The Hall–Kier alpha value is -2.92. The van der Waals surface area contributed by atoms with Crippen LogP contribution in [-0.2, 0) is 15.4 Å². The molecule has 2 aromatic heterocycles. The molecule has 1 aromatic carbocycles. The fourth-order valence-electron chi connectivity index (χ4n) is 2.37. The Morgan fingerprint density at radius 2 is 1.84 bits per heavy atom. The Labute approximate surface area is 146 Å². The Morgan fingerprint density at radius 3 is 2.44 bits per heavy atom. The van der Waals surface area contributed by atoms with E-state index in [0.717, 1.165) is 5.56 Å². The van der Waals surface area contributed by atoms with Gasteiger partial charge in [-0.3, -0.25) is 4.72 Å². The number of rotatable bonds is 3. The van der Waals surface area contributed by atoms with Crippen molar-refractivity contribution in [3.05, 3.63) is 53.9 Å². The van der Waals surface area contributed by atoms with Crippen LogP contribution < -0.4 is 4.72 Å². The van der Waals surface area contributed by atoms with Crippen LogP contribution in [0.5, 0.6) is 0 Å². The average Bonchev–Trinajstić information content (AvgIpc) is 3.03. The van der Waals surface area contributed by atoms with Gasteiger partial charge in [0.1, 0.15) is 11.6 Å². The summed E-state index contributed by atoms with van der Waals surface area (Å²) < 4.78 is 29.2. The third-order valence-electron chi connectivity index (χ3n) is 3.80. The van der Waals surface area contributed by atoms with Gasteiger partial charge in [-0.25, -0.2) is 13.4 Å². The average molecular weight is 355 g/mol. The summed E-state index contributed by atoms with van der Waals surface area (Å²) in [5.74, 6) is 0.0670. The van der Waals surface area contributed by atoms with Gasteiger partial charge in [0.2, 0.25) is 0 Å². The molecule has 3 rings (SSSR count). The van der Waals surface area contributed by atoms with Crippen LogP contribution in [0, 0.1) is 11.3 Å². The maximum atomic E-state index is 12.7. The molecule has 2 heterocycles. The number of aromatic nitrogens is 3. The lowest BCUT2D eigenvalue weighted by atomic mass is 9.87. The second kappa shape index (κ2) is 5.86. The van der Waals surface area contributed by atoms with Crippen molar-refractivity contribution in [2.24, 2.45) is 0 Å². The van der Waals surface area contributed by atoms with Crippen molar-refractivity contribution >= 4 is 21.5 Å². The third kappa shape index (κ3) is 3.19. The van der Waals surface area contributed by atoms with Crippen LogP contribution in [0.25, 0.3) is 5.65 Å². The fourth-order valence-corrected chi connectivity index (χ4v) is 3.44. The van der Waals surface area contributed by atoms with Gasteiger partial charge in [0, 0.05) is 6.07 Å². The minimum Gasteiger partial charge on any atom is -0.262 e. The predicted octanol–water partition coefficient (Wildman–Crippen LogP) is 2.70. The Morgan fingerprint density at radius 1 is 1.16 bits per heavy atom. The number of nitrogens with one attached hydrogen (secondary N) is 1. The van der Waals surface area contributed by atoms with Crippen LogP contribution in [-0.4, -0.2) is 23.0 Å². The van der Waals surface area contributed by atoms with Crippen molar-refractivity contribution < 1.29 is 8.42 Å². The molecule has 25 heavy (non-hydrogen) atoms. The number of anilines is 1. The van der Waals surface area contributed by atoms with E-state index in [9.17, 15) is 13.7 Å². The highest BCUT2D eigenvalue weighted by atomic mass is 32.2. The molecule has 0 atom stereocenters. The zero-order chi connectivity index (χ0) is 18.2. The van der Waals surface area contributed by atoms with Crippen LogP contribution >= 0.6 is 0 Å². The standard InChI is InChI=1S/C17H17N5O2S/c1-17(2,3)13-4-6-14(7-5-13)25(23,24)21-16-12(10-18)11-19-15-8-9-20-22(15)16/h4-9,11,21H,1-3H3. The van der Waals surface area contributed by atoms with Crippen molar-refractivity contribution in [1.82, 2.24) is 14.6 Å². The van der Waals surface area contributed by atoms with Crippen molar-refractivity contribution in [1.29, 1.82) is 5.26 Å². The number of nitriles is 1. The summed E-state index contributed by atoms with van der Waals surface area (Å²) in [6, 6.07) is 10.2. The van der Waals surface area contributed by atoms with Crippen LogP contribution in [0.4, 0.5) is 5.82 Å². The molecule has 8 heteroatoms. The van der Waals surface area contributed by atoms with Gasteiger partial charge in [-0.1, -0.05) is 32.9 Å². The number of fused-ring (bicyclic) bond motifs is 1. The van der Waals surface area contributed by atoms with E-state index in [1.807, 2.05) is 6.07 Å². The molecular weight excluding hydrogens is 338 g/mol. The van der Waals surface area contributed by atoms with E-state index in [2.05, 4.69) is 35.6 Å². The zero-order valence-electron chi connectivity index (χ0n) is 14.1. The van der Waals surface area contributed by atoms with E-state index < -0.39 is 10.0 Å². The van der Waals surface area contributed by atoms with Gasteiger partial charge in [0.25, 0.3) is 10.0 Å². The molecule has 0 saturated heterocycles. The summed E-state index contributed by atoms with van der Waals surface area (Å²) in [5, 5.41) is 13.3. The van der Waals surface area contributed by atoms with Crippen molar-refractivity contribution in [3.63, 3.8) is 0 Å². The number of sulfonamides is 1. The van der Waals surface area contributed by atoms with E-state index in [1.165, 1.54) is 16.9 Å². The first-order valence-corrected chi connectivity index (χ1v) is 9.07. The summed E-state index contributed by atoms with van der Waals surface area (Å²) in [6.45, 7) is 6.16. The molecule has 0 spiro atoms. The molecule has 0 radical (unpaired) electrons. The first-order chi connectivity index (χ1) is 11.7. The predicted molar refractivity (Wildman–Crippen MR) is 93.7 cm³/mol. The summed E-state index contributed by atoms with van der Waals surface area (Å²) >= 11 is 0. The molecule has 0 saturated carbocycles. The number of hydrogen-bond donors (Lipinski definition) is 1. The third-order valence-corrected chi connectivity index (χ3v) is 5.15. The van der Waals surface area contributed by atoms with Crippen molar-refractivity contribution in [3.8, 4) is 6.07 Å². The van der Waals surface area contributed by atoms with Gasteiger partial charge in [-0.2, -0.15) is 14.9 Å². The SMILES string of the molecule is CC(C)(C)c1ccc(S(=O)(=O)Nc2c(C#N)cnc3ccnn23)cc1. The van der Waals surface area contributed by atoms with Gasteiger partial charge >= 0.3 is 0 Å². The van der Waals surface area contributed by atoms with Crippen LogP contribution in [0.1, 0.15) is 31.9 Å². The molecule has 0 amide bonds. The lowest BCUT2D eigenvalue weighted by Gasteiger charge is -2.19. The quantitative estimate of drug-likeness (QED) is 0.778. The zero-order valence-corrected chi connectivity index (χ0v) is 14.9. The molecule has 0 fully saturated rings. The molecule has 128 valence electrons. The first-order valence-electron chi connectivity index (χ1n) is 7.58. The van der Waals surface area contributed by atoms with E-state index in [-0.39, 0.29) is 21.7 Å². The maximum absolute atomic E-state index is 12.7. The summed E-state index contributed by atoms with van der Waals surface area (Å²) in [5.41, 5.74) is 1.49. The highest BCUT2D eigenvalue weighted by Gasteiger charge is 2.21. The molecule has 1 N–H and O–H groups in total. The first kappa shape index (κ1) is 16.9. The van der Waals surface area contributed by atoms with E-state index >= 15 is 0 Å². The molecule has 0 aliphatic carbocycles. The summed E-state index contributed by atoms with van der Waals surface area (Å²) in [4.78, 5) is 4.17. The Balaban J connectivity index is 2.03. The van der Waals surface area contributed by atoms with Crippen molar-refractivity contribution in [2.45, 2.75) is 31.1 Å². The van der Waals surface area contributed by atoms with Gasteiger partial charge in [0.15, 0.2) is 11.5 Å². The van der Waals surface area contributed by atoms with Gasteiger partial charge < -0.3 is 0 Å². The fraction of sp³-hybridized carbons (Fsp3) is 0.235. The molecule has 7 nitrogen and oxygen atoms in total. The normalized spacial score (nSPS) is 12.1. The molecular formula is C17H17N5O2S. The highest BCUT2D eigenvalue weighted by molar-refractivity contribution is 7.92. The van der Waals surface area contributed by atoms with Gasteiger partial charge in [-0.15, -0.1) is 0 Å². The van der Waals surface area contributed by atoms with Crippen LogP contribution in [0.15, 0.2) is 47.6 Å². The molecule has 0 bridgehead atoms. The summed E-state index contributed by atoms with van der Waals surface area (Å²) in [6.07, 6.45) is 2.80. The molecule has 0 unspecified atom stereocenters. The second-order valence-corrected chi connectivity index (χ2v) is 8.30. The van der Waals surface area contributed by atoms with Crippen LogP contribution in [0.3, 0.4) is 0 Å². The number of benzene rings is 1. The van der Waals surface area contributed by atoms with Crippen molar-refractivity contribution in [2.75, 3.05) is 4.72 Å². The Kier molecular flexibility index (Phi) is 3.97. The lowest BCUT2D eigenvalue weighted by molar-refractivity contribution is 0.587. The minimum absolute atomic E-state index is 0.0670. The number of hydrogen-bond acceptors (Lipinski definition) is 5. The largest absolute Gasteiger partial charge is 0.263 e. The molecule has 3 aromatic rings. The topological polar surface area (TPSA) is 100 Å². The van der Waals surface area contributed by atoms with Gasteiger partial charge in [0.05, 0.1) is 17.3 Å². The van der Waals surface area contributed by atoms with E-state index in [0.29, 0.717) is 5.65 Å². The Bertz CT molecular complexity index is 1070. The molecule has 0 aliphatic heterocycles. The van der Waals surface area contributed by atoms with E-state index in [4.69, 9.17) is 0 Å². The van der Waals surface area contributed by atoms with E-state index in [1.54, 1.807) is 30.3 Å². The monoisotopic (exact) mass is 355 g/mol. The maximum Gasteiger partial charge on any atom is 0.263 e. The smallest absolute Gasteiger partial charge is 0.262 e. The molecule has 0 aliphatic rings. The highest BCUT2D eigenvalue weighted by Crippen LogP contribution is 2.25. The number of nitrogens with zero attached hydrogens (tertiary/aromatic N) is 4. The van der Waals surface area contributed by atoms with Crippen LogP contribution in [0.2, 0.25) is 0 Å². The summed E-state index contributed by atoms with van der Waals surface area (Å²) in [7, 11) is -3.87.